The lowest BCUT2D eigenvalue weighted by Gasteiger charge is -2.54. The number of rotatable bonds is 1. The molecule has 2 bridgehead atoms. The van der Waals surface area contributed by atoms with Gasteiger partial charge in [0, 0.05) is 16.5 Å². The van der Waals surface area contributed by atoms with Crippen LogP contribution < -0.4 is 0 Å². The van der Waals surface area contributed by atoms with Gasteiger partial charge >= 0.3 is 0 Å². The van der Waals surface area contributed by atoms with E-state index in [1.165, 1.54) is 12.1 Å². The molecule has 5 atom stereocenters. The molecular formula is C23H22BrFN4O2. The third-order valence-corrected chi connectivity index (χ3v) is 7.87. The maximum atomic E-state index is 15.0. The van der Waals surface area contributed by atoms with Gasteiger partial charge in [0.05, 0.1) is 24.1 Å². The molecule has 8 heteroatoms. The molecule has 2 heterocycles. The first-order valence-corrected chi connectivity index (χ1v) is 10.9. The summed E-state index contributed by atoms with van der Waals surface area (Å²) in [6, 6.07) is 10.4. The molecule has 0 radical (unpaired) electrons. The highest BCUT2D eigenvalue weighted by atomic mass is 79.9. The quantitative estimate of drug-likeness (QED) is 0.575. The van der Waals surface area contributed by atoms with Crippen LogP contribution in [-0.4, -0.2) is 11.7 Å². The fourth-order valence-electron chi connectivity index (χ4n) is 5.62. The average molecular weight is 485 g/mol. The van der Waals surface area contributed by atoms with Crippen molar-refractivity contribution in [3.63, 3.8) is 0 Å². The van der Waals surface area contributed by atoms with Crippen molar-refractivity contribution in [1.82, 2.24) is 0 Å². The fraction of sp³-hybridized carbons (Fsp3) is 0.565. The first-order chi connectivity index (χ1) is 14.5. The molecule has 2 saturated heterocycles. The lowest BCUT2D eigenvalue weighted by molar-refractivity contribution is -0.302. The molecule has 3 aliphatic rings. The predicted octanol–water partition coefficient (Wildman–Crippen LogP) is 5.37. The molecule has 31 heavy (non-hydrogen) atoms. The van der Waals surface area contributed by atoms with Gasteiger partial charge in [0.2, 0.25) is 17.1 Å². The Balaban J connectivity index is 1.96. The van der Waals surface area contributed by atoms with E-state index in [0.29, 0.717) is 17.3 Å². The van der Waals surface area contributed by atoms with Crippen molar-refractivity contribution in [3.05, 3.63) is 34.1 Å². The van der Waals surface area contributed by atoms with Gasteiger partial charge in [-0.2, -0.15) is 15.8 Å². The maximum Gasteiger partial charge on any atom is 0.217 e. The van der Waals surface area contributed by atoms with Gasteiger partial charge in [-0.3, -0.25) is 5.41 Å². The van der Waals surface area contributed by atoms with E-state index in [1.54, 1.807) is 6.07 Å². The molecule has 2 aliphatic heterocycles. The van der Waals surface area contributed by atoms with Gasteiger partial charge in [-0.15, -0.1) is 0 Å². The second-order valence-electron chi connectivity index (χ2n) is 9.75. The van der Waals surface area contributed by atoms with E-state index in [2.05, 4.69) is 42.8 Å². The number of halogens is 2. The van der Waals surface area contributed by atoms with Crippen LogP contribution in [0.5, 0.6) is 0 Å². The van der Waals surface area contributed by atoms with Gasteiger partial charge in [0.1, 0.15) is 11.9 Å². The largest absolute Gasteiger partial charge is 0.447 e. The Hall–Kier alpha value is -2.47. The van der Waals surface area contributed by atoms with Crippen LogP contribution >= 0.6 is 15.9 Å². The van der Waals surface area contributed by atoms with E-state index >= 15 is 0 Å². The summed E-state index contributed by atoms with van der Waals surface area (Å²) < 4.78 is 27.7. The number of nitrogens with zero attached hydrogens (tertiary/aromatic N) is 3. The van der Waals surface area contributed by atoms with E-state index in [-0.39, 0.29) is 16.9 Å². The number of ether oxygens (including phenoxy) is 2. The Morgan fingerprint density at radius 2 is 1.87 bits per heavy atom. The van der Waals surface area contributed by atoms with Crippen molar-refractivity contribution in [2.75, 3.05) is 0 Å². The first kappa shape index (κ1) is 21.8. The van der Waals surface area contributed by atoms with Crippen LogP contribution in [0.4, 0.5) is 4.39 Å². The third-order valence-electron chi connectivity index (χ3n) is 7.38. The smallest absolute Gasteiger partial charge is 0.217 e. The Morgan fingerprint density at radius 1 is 1.19 bits per heavy atom. The molecule has 1 saturated carbocycles. The van der Waals surface area contributed by atoms with Crippen LogP contribution in [0.25, 0.3) is 0 Å². The minimum atomic E-state index is -2.14. The van der Waals surface area contributed by atoms with Gasteiger partial charge in [0.15, 0.2) is 5.41 Å². The van der Waals surface area contributed by atoms with E-state index in [9.17, 15) is 20.2 Å². The van der Waals surface area contributed by atoms with Crippen LogP contribution in [0.2, 0.25) is 0 Å². The summed E-state index contributed by atoms with van der Waals surface area (Å²) in [7, 11) is 0. The molecule has 5 unspecified atom stereocenters. The zero-order valence-electron chi connectivity index (χ0n) is 17.5. The maximum absolute atomic E-state index is 15.0. The van der Waals surface area contributed by atoms with Crippen molar-refractivity contribution >= 4 is 21.8 Å². The van der Waals surface area contributed by atoms with Crippen molar-refractivity contribution in [1.29, 1.82) is 21.2 Å². The molecule has 1 aromatic carbocycles. The third kappa shape index (κ3) is 2.63. The zero-order chi connectivity index (χ0) is 22.8. The minimum Gasteiger partial charge on any atom is -0.447 e. The molecule has 6 nitrogen and oxygen atoms in total. The second-order valence-corrected chi connectivity index (χ2v) is 10.7. The molecule has 0 spiro atoms. The molecule has 0 amide bonds. The fourth-order valence-corrected chi connectivity index (χ4v) is 5.95. The highest BCUT2D eigenvalue weighted by molar-refractivity contribution is 9.10. The van der Waals surface area contributed by atoms with E-state index in [0.717, 1.165) is 6.42 Å². The summed E-state index contributed by atoms with van der Waals surface area (Å²) in [6.07, 6.45) is 0.226. The number of hydrogen-bond donors (Lipinski definition) is 1. The predicted molar refractivity (Wildman–Crippen MR) is 111 cm³/mol. The van der Waals surface area contributed by atoms with Crippen molar-refractivity contribution in [2.24, 2.45) is 28.1 Å². The molecule has 3 fully saturated rings. The van der Waals surface area contributed by atoms with E-state index in [1.807, 2.05) is 12.1 Å². The SMILES string of the molecule is CC(C)(C)C1CCC23OC(=N)C(C#N)(C2C1)C(C#N)(C#N)C(c1ccc(Br)cc1F)O3. The van der Waals surface area contributed by atoms with Crippen molar-refractivity contribution in [3.8, 4) is 18.2 Å². The summed E-state index contributed by atoms with van der Waals surface area (Å²) in [6.45, 7) is 6.32. The highest BCUT2D eigenvalue weighted by Crippen LogP contribution is 2.70. The monoisotopic (exact) mass is 484 g/mol. The number of hydrogen-bond acceptors (Lipinski definition) is 6. The van der Waals surface area contributed by atoms with Gasteiger partial charge in [-0.25, -0.2) is 4.39 Å². The second kappa shape index (κ2) is 6.76. The number of benzene rings is 1. The Morgan fingerprint density at radius 3 is 2.42 bits per heavy atom. The van der Waals surface area contributed by atoms with Gasteiger partial charge in [0.25, 0.3) is 0 Å². The lowest BCUT2D eigenvalue weighted by Crippen LogP contribution is -2.61. The van der Waals surface area contributed by atoms with Crippen LogP contribution in [0.15, 0.2) is 22.7 Å². The van der Waals surface area contributed by atoms with Crippen LogP contribution in [-0.2, 0) is 9.47 Å². The summed E-state index contributed by atoms with van der Waals surface area (Å²) >= 11 is 3.21. The topological polar surface area (TPSA) is 114 Å². The Bertz CT molecular complexity index is 1080. The summed E-state index contributed by atoms with van der Waals surface area (Å²) in [5.74, 6) is -2.92. The van der Waals surface area contributed by atoms with Gasteiger partial charge in [-0.1, -0.05) is 42.8 Å². The average Bonchev–Trinajstić information content (AvgIpc) is 2.91. The molecule has 4 rings (SSSR count). The molecule has 160 valence electrons. The summed E-state index contributed by atoms with van der Waals surface area (Å²) in [4.78, 5) is 0. The Kier molecular flexibility index (Phi) is 4.74. The highest BCUT2D eigenvalue weighted by Gasteiger charge is 2.81. The lowest BCUT2D eigenvalue weighted by atomic mass is 9.49. The number of nitriles is 3. The van der Waals surface area contributed by atoms with Crippen LogP contribution in [0.1, 0.15) is 51.7 Å². The van der Waals surface area contributed by atoms with Crippen LogP contribution in [0.3, 0.4) is 0 Å². The Labute approximate surface area is 189 Å². The van der Waals surface area contributed by atoms with E-state index < -0.39 is 40.4 Å². The summed E-state index contributed by atoms with van der Waals surface area (Å²) in [5, 5.41) is 39.6. The van der Waals surface area contributed by atoms with Crippen molar-refractivity contribution in [2.45, 2.75) is 51.9 Å². The van der Waals surface area contributed by atoms with E-state index in [4.69, 9.17) is 14.9 Å². The molecular weight excluding hydrogens is 463 g/mol. The molecule has 1 aliphatic carbocycles. The first-order valence-electron chi connectivity index (χ1n) is 10.2. The number of nitrogens with one attached hydrogen (secondary N) is 1. The van der Waals surface area contributed by atoms with Crippen molar-refractivity contribution < 1.29 is 13.9 Å². The minimum absolute atomic E-state index is 0.00000476. The molecule has 0 aromatic heterocycles. The molecule has 1 aromatic rings. The standard InChI is InChI=1S/C23H22BrFN4O2/c1-20(2,3)13-6-7-23-17(8-13)22(12-28,19(29)31-23)21(10-26,11-27)18(30-23)15-5-4-14(24)9-16(15)25/h4-5,9,13,17-18,29H,6-8H2,1-3H3. The molecule has 1 N–H and O–H groups in total. The van der Waals surface area contributed by atoms with Crippen LogP contribution in [0, 0.1) is 73.3 Å². The van der Waals surface area contributed by atoms with Gasteiger partial charge < -0.3 is 9.47 Å². The summed E-state index contributed by atoms with van der Waals surface area (Å²) in [5.41, 5.74) is -4.07. The normalized spacial score (nSPS) is 35.8. The van der Waals surface area contributed by atoms with Gasteiger partial charge in [-0.05, 0) is 36.3 Å². The zero-order valence-corrected chi connectivity index (χ0v) is 19.1.